The highest BCUT2D eigenvalue weighted by molar-refractivity contribution is 5.76. The summed E-state index contributed by atoms with van der Waals surface area (Å²) in [6.45, 7) is 6.17. The van der Waals surface area contributed by atoms with Crippen LogP contribution in [0, 0.1) is 6.92 Å². The lowest BCUT2D eigenvalue weighted by Gasteiger charge is -2.22. The highest BCUT2D eigenvalue weighted by Gasteiger charge is 2.19. The first-order valence-corrected chi connectivity index (χ1v) is 6.98. The summed E-state index contributed by atoms with van der Waals surface area (Å²) in [5.41, 5.74) is 1.62. The van der Waals surface area contributed by atoms with E-state index in [-0.39, 0.29) is 5.91 Å². The molecule has 0 heterocycles. The van der Waals surface area contributed by atoms with E-state index in [2.05, 4.69) is 24.4 Å². The molecule has 0 aliphatic rings. The predicted octanol–water partition coefficient (Wildman–Crippen LogP) is 2.59. The Hall–Kier alpha value is -1.35. The van der Waals surface area contributed by atoms with Gasteiger partial charge >= 0.3 is 0 Å². The summed E-state index contributed by atoms with van der Waals surface area (Å²) in [6.07, 6.45) is 2.82. The molecule has 1 amide bonds. The molecule has 0 saturated carbocycles. The van der Waals surface area contributed by atoms with Gasteiger partial charge in [0.05, 0.1) is 5.60 Å². The van der Waals surface area contributed by atoms with Gasteiger partial charge in [-0.15, -0.1) is 0 Å². The first kappa shape index (κ1) is 15.7. The lowest BCUT2D eigenvalue weighted by molar-refractivity contribution is -0.122. The minimum atomic E-state index is -0.799. The van der Waals surface area contributed by atoms with E-state index < -0.39 is 5.60 Å². The van der Waals surface area contributed by atoms with Crippen LogP contribution in [0.25, 0.3) is 0 Å². The van der Waals surface area contributed by atoms with Crippen LogP contribution in [-0.2, 0) is 11.2 Å². The minimum Gasteiger partial charge on any atom is -0.388 e. The van der Waals surface area contributed by atoms with Gasteiger partial charge in [0.15, 0.2) is 0 Å². The Balaban J connectivity index is 2.35. The van der Waals surface area contributed by atoms with Gasteiger partial charge in [-0.2, -0.15) is 0 Å². The second-order valence-electron chi connectivity index (χ2n) is 5.45. The molecule has 3 nitrogen and oxygen atoms in total. The van der Waals surface area contributed by atoms with Crippen LogP contribution in [0.1, 0.15) is 44.2 Å². The van der Waals surface area contributed by atoms with Crippen molar-refractivity contribution in [3.8, 4) is 0 Å². The first-order valence-electron chi connectivity index (χ1n) is 6.98. The molecule has 0 saturated heterocycles. The van der Waals surface area contributed by atoms with Gasteiger partial charge in [-0.05, 0) is 37.8 Å². The average molecular weight is 263 g/mol. The zero-order chi connectivity index (χ0) is 14.3. The van der Waals surface area contributed by atoms with Gasteiger partial charge in [-0.25, -0.2) is 0 Å². The molecular formula is C16H25NO2. The summed E-state index contributed by atoms with van der Waals surface area (Å²) in [7, 11) is 0. The Bertz CT molecular complexity index is 413. The fraction of sp³-hybridized carbons (Fsp3) is 0.562. The van der Waals surface area contributed by atoms with Gasteiger partial charge in [0.25, 0.3) is 0 Å². The normalized spacial score (nSPS) is 13.9. The third-order valence-electron chi connectivity index (χ3n) is 3.34. The molecule has 1 aromatic carbocycles. The first-order chi connectivity index (χ1) is 8.94. The highest BCUT2D eigenvalue weighted by Crippen LogP contribution is 2.11. The van der Waals surface area contributed by atoms with Crippen molar-refractivity contribution >= 4 is 5.91 Å². The topological polar surface area (TPSA) is 49.3 Å². The van der Waals surface area contributed by atoms with Crippen molar-refractivity contribution in [1.82, 2.24) is 5.32 Å². The van der Waals surface area contributed by atoms with Crippen LogP contribution in [0.3, 0.4) is 0 Å². The maximum absolute atomic E-state index is 11.8. The van der Waals surface area contributed by atoms with E-state index in [4.69, 9.17) is 0 Å². The molecule has 19 heavy (non-hydrogen) atoms. The van der Waals surface area contributed by atoms with E-state index in [0.717, 1.165) is 12.8 Å². The molecule has 1 rings (SSSR count). The van der Waals surface area contributed by atoms with Gasteiger partial charge in [-0.1, -0.05) is 37.6 Å². The van der Waals surface area contributed by atoms with Gasteiger partial charge < -0.3 is 10.4 Å². The standard InChI is InChI=1S/C16H25NO2/c1-4-11-16(3,19)12-17-15(18)10-9-14-8-6-5-7-13(14)2/h5-8,19H,4,9-12H2,1-3H3,(H,17,18). The molecule has 106 valence electrons. The number of carbonyl (C=O) groups is 1. The van der Waals surface area contributed by atoms with E-state index in [0.29, 0.717) is 19.4 Å². The Morgan fingerprint density at radius 3 is 2.68 bits per heavy atom. The predicted molar refractivity (Wildman–Crippen MR) is 78.0 cm³/mol. The Kier molecular flexibility index (Phi) is 6.03. The van der Waals surface area contributed by atoms with Gasteiger partial charge in [0.2, 0.25) is 5.91 Å². The number of nitrogens with one attached hydrogen (secondary N) is 1. The number of carbonyl (C=O) groups excluding carboxylic acids is 1. The molecule has 1 atom stereocenters. The molecule has 0 fully saturated rings. The summed E-state index contributed by atoms with van der Waals surface area (Å²) in [6, 6.07) is 8.10. The Morgan fingerprint density at radius 2 is 2.05 bits per heavy atom. The van der Waals surface area contributed by atoms with Crippen LogP contribution in [0.4, 0.5) is 0 Å². The second kappa shape index (κ2) is 7.29. The average Bonchev–Trinajstić information content (AvgIpc) is 2.35. The molecular weight excluding hydrogens is 238 g/mol. The van der Waals surface area contributed by atoms with Crippen LogP contribution in [-0.4, -0.2) is 23.2 Å². The Morgan fingerprint density at radius 1 is 1.37 bits per heavy atom. The lowest BCUT2D eigenvalue weighted by Crippen LogP contribution is -2.40. The number of benzene rings is 1. The number of aryl methyl sites for hydroxylation is 2. The van der Waals surface area contributed by atoms with Crippen LogP contribution < -0.4 is 5.32 Å². The van der Waals surface area contributed by atoms with Gasteiger partial charge in [0.1, 0.15) is 0 Å². The lowest BCUT2D eigenvalue weighted by atomic mass is 10.0. The number of aliphatic hydroxyl groups is 1. The maximum Gasteiger partial charge on any atom is 0.220 e. The third kappa shape index (κ3) is 5.88. The molecule has 0 spiro atoms. The van der Waals surface area contributed by atoms with Crippen molar-refractivity contribution < 1.29 is 9.90 Å². The van der Waals surface area contributed by atoms with Crippen molar-refractivity contribution in [2.75, 3.05) is 6.54 Å². The molecule has 3 heteroatoms. The fourth-order valence-electron chi connectivity index (χ4n) is 2.14. The summed E-state index contributed by atoms with van der Waals surface area (Å²) in [5.74, 6) is -0.000342. The van der Waals surface area contributed by atoms with E-state index >= 15 is 0 Å². The monoisotopic (exact) mass is 263 g/mol. The van der Waals surface area contributed by atoms with Crippen LogP contribution in [0.2, 0.25) is 0 Å². The second-order valence-corrected chi connectivity index (χ2v) is 5.45. The molecule has 0 aromatic heterocycles. The van der Waals surface area contributed by atoms with E-state index in [9.17, 15) is 9.90 Å². The Labute approximate surface area is 116 Å². The smallest absolute Gasteiger partial charge is 0.220 e. The number of amides is 1. The summed E-state index contributed by atoms with van der Waals surface area (Å²) < 4.78 is 0. The SMILES string of the molecule is CCCC(C)(O)CNC(=O)CCc1ccccc1C. The third-order valence-corrected chi connectivity index (χ3v) is 3.34. The van der Waals surface area contributed by atoms with E-state index in [1.807, 2.05) is 19.1 Å². The minimum absolute atomic E-state index is 0.000342. The molecule has 0 aliphatic heterocycles. The van der Waals surface area contributed by atoms with E-state index in [1.54, 1.807) is 6.92 Å². The summed E-state index contributed by atoms with van der Waals surface area (Å²) in [5, 5.41) is 12.8. The van der Waals surface area contributed by atoms with Crippen LogP contribution in [0.15, 0.2) is 24.3 Å². The molecule has 0 aliphatic carbocycles. The van der Waals surface area contributed by atoms with Crippen molar-refractivity contribution in [3.63, 3.8) is 0 Å². The van der Waals surface area contributed by atoms with Crippen molar-refractivity contribution in [2.24, 2.45) is 0 Å². The number of hydrogen-bond acceptors (Lipinski definition) is 2. The fourth-order valence-corrected chi connectivity index (χ4v) is 2.14. The van der Waals surface area contributed by atoms with Crippen molar-refractivity contribution in [1.29, 1.82) is 0 Å². The molecule has 0 radical (unpaired) electrons. The summed E-state index contributed by atoms with van der Waals surface area (Å²) in [4.78, 5) is 11.8. The summed E-state index contributed by atoms with van der Waals surface area (Å²) >= 11 is 0. The quantitative estimate of drug-likeness (QED) is 0.794. The highest BCUT2D eigenvalue weighted by atomic mass is 16.3. The maximum atomic E-state index is 11.8. The van der Waals surface area contributed by atoms with Gasteiger partial charge in [-0.3, -0.25) is 4.79 Å². The molecule has 1 unspecified atom stereocenters. The van der Waals surface area contributed by atoms with Crippen LogP contribution >= 0.6 is 0 Å². The van der Waals surface area contributed by atoms with Crippen molar-refractivity contribution in [3.05, 3.63) is 35.4 Å². The number of rotatable bonds is 7. The van der Waals surface area contributed by atoms with E-state index in [1.165, 1.54) is 11.1 Å². The molecule has 1 aromatic rings. The van der Waals surface area contributed by atoms with Gasteiger partial charge in [0, 0.05) is 13.0 Å². The zero-order valence-corrected chi connectivity index (χ0v) is 12.2. The molecule has 2 N–H and O–H groups in total. The largest absolute Gasteiger partial charge is 0.388 e. The van der Waals surface area contributed by atoms with Crippen molar-refractivity contribution in [2.45, 2.75) is 52.1 Å². The molecule has 0 bridgehead atoms. The van der Waals surface area contributed by atoms with Crippen LogP contribution in [0.5, 0.6) is 0 Å². The number of hydrogen-bond donors (Lipinski definition) is 2. The zero-order valence-electron chi connectivity index (χ0n) is 12.2.